The summed E-state index contributed by atoms with van der Waals surface area (Å²) in [5.41, 5.74) is 2.52. The van der Waals surface area contributed by atoms with Crippen LogP contribution in [0.15, 0.2) is 54.7 Å². The molecule has 1 saturated heterocycles. The van der Waals surface area contributed by atoms with Gasteiger partial charge in [-0.05, 0) is 29.8 Å². The number of hydrogen-bond donors (Lipinski definition) is 1. The Morgan fingerprint density at radius 1 is 1.07 bits per heavy atom. The average molecular weight is 406 g/mol. The van der Waals surface area contributed by atoms with Crippen molar-refractivity contribution in [2.45, 2.75) is 0 Å². The van der Waals surface area contributed by atoms with E-state index in [0.29, 0.717) is 30.2 Å². The lowest BCUT2D eigenvalue weighted by Gasteiger charge is -2.26. The number of methoxy groups -OCH3 is 2. The highest BCUT2D eigenvalue weighted by atomic mass is 16.5. The van der Waals surface area contributed by atoms with Crippen molar-refractivity contribution in [2.75, 3.05) is 33.9 Å². The fourth-order valence-electron chi connectivity index (χ4n) is 3.42. The number of ether oxygens (including phenoxy) is 2. The van der Waals surface area contributed by atoms with Gasteiger partial charge in [0.2, 0.25) is 5.91 Å². The lowest BCUT2D eigenvalue weighted by molar-refractivity contribution is -0.123. The standard InChI is InChI=1S/C22H22N4O4/c1-29-18-9-8-15(12-19(18)30-2)17-13-26(16-6-4-3-5-7-16)24-21(17)22(28)25-11-10-23-20(27)14-25/h3-9,12-13H,10-11,14H2,1-2H3,(H,23,27). The van der Waals surface area contributed by atoms with Crippen LogP contribution in [0.1, 0.15) is 10.5 Å². The molecule has 1 fully saturated rings. The van der Waals surface area contributed by atoms with Gasteiger partial charge in [-0.25, -0.2) is 4.68 Å². The quantitative estimate of drug-likeness (QED) is 0.702. The van der Waals surface area contributed by atoms with Gasteiger partial charge < -0.3 is 19.7 Å². The van der Waals surface area contributed by atoms with Gasteiger partial charge in [-0.15, -0.1) is 0 Å². The number of carbonyl (C=O) groups excluding carboxylic acids is 2. The van der Waals surface area contributed by atoms with Crippen LogP contribution < -0.4 is 14.8 Å². The van der Waals surface area contributed by atoms with Crippen molar-refractivity contribution >= 4 is 11.8 Å². The minimum atomic E-state index is -0.288. The second-order valence-corrected chi connectivity index (χ2v) is 6.82. The van der Waals surface area contributed by atoms with E-state index in [1.807, 2.05) is 48.7 Å². The Bertz CT molecular complexity index is 1080. The number of nitrogens with one attached hydrogen (secondary N) is 1. The molecule has 1 aliphatic rings. The highest BCUT2D eigenvalue weighted by Crippen LogP contribution is 2.34. The van der Waals surface area contributed by atoms with E-state index >= 15 is 0 Å². The van der Waals surface area contributed by atoms with Gasteiger partial charge in [-0.1, -0.05) is 24.3 Å². The molecule has 30 heavy (non-hydrogen) atoms. The largest absolute Gasteiger partial charge is 0.493 e. The molecule has 1 N–H and O–H groups in total. The number of rotatable bonds is 5. The van der Waals surface area contributed by atoms with Crippen molar-refractivity contribution in [1.29, 1.82) is 0 Å². The zero-order chi connectivity index (χ0) is 21.1. The van der Waals surface area contributed by atoms with Crippen LogP contribution in [0.4, 0.5) is 0 Å². The number of amides is 2. The first kappa shape index (κ1) is 19.5. The fraction of sp³-hybridized carbons (Fsp3) is 0.227. The molecular weight excluding hydrogens is 384 g/mol. The minimum Gasteiger partial charge on any atom is -0.493 e. The van der Waals surface area contributed by atoms with Crippen LogP contribution in [-0.4, -0.2) is 60.3 Å². The number of benzene rings is 2. The summed E-state index contributed by atoms with van der Waals surface area (Å²) in [5.74, 6) is 0.685. The first-order valence-corrected chi connectivity index (χ1v) is 9.54. The second-order valence-electron chi connectivity index (χ2n) is 6.82. The van der Waals surface area contributed by atoms with Gasteiger partial charge >= 0.3 is 0 Å². The number of nitrogens with zero attached hydrogens (tertiary/aromatic N) is 3. The Balaban J connectivity index is 1.81. The molecule has 2 aromatic carbocycles. The second kappa shape index (κ2) is 8.28. The van der Waals surface area contributed by atoms with Crippen molar-refractivity contribution in [1.82, 2.24) is 20.0 Å². The summed E-state index contributed by atoms with van der Waals surface area (Å²) in [4.78, 5) is 26.6. The smallest absolute Gasteiger partial charge is 0.275 e. The molecule has 8 nitrogen and oxygen atoms in total. The summed E-state index contributed by atoms with van der Waals surface area (Å²) in [6.45, 7) is 0.881. The van der Waals surface area contributed by atoms with Crippen LogP contribution in [0, 0.1) is 0 Å². The van der Waals surface area contributed by atoms with Crippen LogP contribution in [0.25, 0.3) is 16.8 Å². The molecule has 0 unspecified atom stereocenters. The van der Waals surface area contributed by atoms with E-state index in [0.717, 1.165) is 11.3 Å². The maximum Gasteiger partial charge on any atom is 0.275 e. The highest BCUT2D eigenvalue weighted by molar-refractivity contribution is 6.01. The number of piperazine rings is 1. The summed E-state index contributed by atoms with van der Waals surface area (Å²) in [7, 11) is 3.13. The molecule has 2 amide bonds. The zero-order valence-corrected chi connectivity index (χ0v) is 16.8. The Morgan fingerprint density at radius 3 is 2.53 bits per heavy atom. The van der Waals surface area contributed by atoms with E-state index in [2.05, 4.69) is 10.4 Å². The van der Waals surface area contributed by atoms with Gasteiger partial charge in [-0.3, -0.25) is 9.59 Å². The summed E-state index contributed by atoms with van der Waals surface area (Å²) >= 11 is 0. The normalized spacial score (nSPS) is 13.7. The Morgan fingerprint density at radius 2 is 1.83 bits per heavy atom. The molecule has 0 aliphatic carbocycles. The van der Waals surface area contributed by atoms with E-state index in [1.165, 1.54) is 4.90 Å². The summed E-state index contributed by atoms with van der Waals surface area (Å²) in [5, 5.41) is 7.31. The maximum absolute atomic E-state index is 13.3. The summed E-state index contributed by atoms with van der Waals surface area (Å²) in [6, 6.07) is 15.0. The first-order chi connectivity index (χ1) is 14.6. The van der Waals surface area contributed by atoms with Crippen LogP contribution >= 0.6 is 0 Å². The van der Waals surface area contributed by atoms with Crippen molar-refractivity contribution in [3.63, 3.8) is 0 Å². The minimum absolute atomic E-state index is 0.0163. The van der Waals surface area contributed by atoms with Gasteiger partial charge in [-0.2, -0.15) is 5.10 Å². The molecule has 0 radical (unpaired) electrons. The number of para-hydroxylation sites is 1. The molecular formula is C22H22N4O4. The predicted octanol–water partition coefficient (Wildman–Crippen LogP) is 2.13. The first-order valence-electron chi connectivity index (χ1n) is 9.54. The number of hydrogen-bond acceptors (Lipinski definition) is 5. The summed E-state index contributed by atoms with van der Waals surface area (Å²) < 4.78 is 12.4. The molecule has 0 saturated carbocycles. The van der Waals surface area contributed by atoms with E-state index in [9.17, 15) is 9.59 Å². The molecule has 0 bridgehead atoms. The lowest BCUT2D eigenvalue weighted by Crippen LogP contribution is -2.50. The van der Waals surface area contributed by atoms with Gasteiger partial charge in [0.15, 0.2) is 17.2 Å². The van der Waals surface area contributed by atoms with Crippen molar-refractivity contribution < 1.29 is 19.1 Å². The average Bonchev–Trinajstić information content (AvgIpc) is 3.24. The van der Waals surface area contributed by atoms with Crippen molar-refractivity contribution in [2.24, 2.45) is 0 Å². The fourth-order valence-corrected chi connectivity index (χ4v) is 3.42. The molecule has 2 heterocycles. The third-order valence-corrected chi connectivity index (χ3v) is 4.96. The molecule has 4 rings (SSSR count). The van der Waals surface area contributed by atoms with E-state index < -0.39 is 0 Å². The topological polar surface area (TPSA) is 85.7 Å². The zero-order valence-electron chi connectivity index (χ0n) is 16.8. The number of aromatic nitrogens is 2. The Labute approximate surface area is 174 Å². The lowest BCUT2D eigenvalue weighted by atomic mass is 10.0. The molecule has 0 spiro atoms. The van der Waals surface area contributed by atoms with Gasteiger partial charge in [0.25, 0.3) is 5.91 Å². The molecule has 8 heteroatoms. The molecule has 0 atom stereocenters. The van der Waals surface area contributed by atoms with E-state index in [-0.39, 0.29) is 24.1 Å². The van der Waals surface area contributed by atoms with Gasteiger partial charge in [0.05, 0.1) is 26.5 Å². The van der Waals surface area contributed by atoms with Crippen LogP contribution in [0.5, 0.6) is 11.5 Å². The van der Waals surface area contributed by atoms with E-state index in [4.69, 9.17) is 9.47 Å². The van der Waals surface area contributed by atoms with E-state index in [1.54, 1.807) is 25.0 Å². The molecule has 3 aromatic rings. The van der Waals surface area contributed by atoms with Gasteiger partial charge in [0, 0.05) is 24.8 Å². The van der Waals surface area contributed by atoms with Crippen molar-refractivity contribution in [3.05, 3.63) is 60.4 Å². The Hall–Kier alpha value is -3.81. The third-order valence-electron chi connectivity index (χ3n) is 4.96. The highest BCUT2D eigenvalue weighted by Gasteiger charge is 2.27. The van der Waals surface area contributed by atoms with Crippen LogP contribution in [0.2, 0.25) is 0 Å². The van der Waals surface area contributed by atoms with Crippen molar-refractivity contribution in [3.8, 4) is 28.3 Å². The van der Waals surface area contributed by atoms with Crippen LogP contribution in [0.3, 0.4) is 0 Å². The predicted molar refractivity (Wildman–Crippen MR) is 111 cm³/mol. The maximum atomic E-state index is 13.3. The number of carbonyl (C=O) groups is 2. The monoisotopic (exact) mass is 406 g/mol. The molecule has 1 aliphatic heterocycles. The molecule has 154 valence electrons. The third kappa shape index (κ3) is 3.71. The Kier molecular flexibility index (Phi) is 5.38. The molecule has 1 aromatic heterocycles. The van der Waals surface area contributed by atoms with Gasteiger partial charge in [0.1, 0.15) is 0 Å². The van der Waals surface area contributed by atoms with Crippen LogP contribution in [-0.2, 0) is 4.79 Å². The SMILES string of the molecule is COc1ccc(-c2cn(-c3ccccc3)nc2C(=O)N2CCNC(=O)C2)cc1OC. The summed E-state index contributed by atoms with van der Waals surface area (Å²) in [6.07, 6.45) is 1.81.